The lowest BCUT2D eigenvalue weighted by molar-refractivity contribution is -0.138. The summed E-state index contributed by atoms with van der Waals surface area (Å²) in [6.45, 7) is 3.64. The maximum Gasteiger partial charge on any atom is 0.230 e. The van der Waals surface area contributed by atoms with Crippen LogP contribution in [0.4, 0.5) is 0 Å². The van der Waals surface area contributed by atoms with Crippen LogP contribution in [0.3, 0.4) is 0 Å². The zero-order valence-electron chi connectivity index (χ0n) is 16.8. The van der Waals surface area contributed by atoms with Crippen LogP contribution < -0.4 is 10.6 Å². The normalized spacial score (nSPS) is 16.4. The van der Waals surface area contributed by atoms with Gasteiger partial charge in [0.1, 0.15) is 0 Å². The first-order valence-corrected chi connectivity index (χ1v) is 9.75. The monoisotopic (exact) mass is 358 g/mol. The molecule has 1 aliphatic rings. The van der Waals surface area contributed by atoms with E-state index in [-0.39, 0.29) is 11.3 Å². The summed E-state index contributed by atoms with van der Waals surface area (Å²) in [4.78, 5) is 18.7. The number of benzene rings is 1. The van der Waals surface area contributed by atoms with Crippen LogP contribution in [0.1, 0.15) is 43.7 Å². The van der Waals surface area contributed by atoms with E-state index >= 15 is 0 Å². The Kier molecular flexibility index (Phi) is 7.49. The number of aliphatic imine (C=N–C) groups is 1. The summed E-state index contributed by atoms with van der Waals surface area (Å²) in [6.07, 6.45) is 6.19. The Labute approximate surface area is 158 Å². The fourth-order valence-electron chi connectivity index (χ4n) is 3.73. The quantitative estimate of drug-likeness (QED) is 0.582. The molecule has 144 valence electrons. The lowest BCUT2D eigenvalue weighted by atomic mass is 9.84. The Morgan fingerprint density at radius 2 is 1.73 bits per heavy atom. The molecular formula is C21H34N4O. The van der Waals surface area contributed by atoms with Gasteiger partial charge in [0, 0.05) is 34.2 Å². The Bertz CT molecular complexity index is 601. The summed E-state index contributed by atoms with van der Waals surface area (Å²) in [5.41, 5.74) is 2.41. The van der Waals surface area contributed by atoms with Crippen LogP contribution in [-0.4, -0.2) is 51.0 Å². The van der Waals surface area contributed by atoms with E-state index in [1.54, 1.807) is 11.9 Å². The first-order chi connectivity index (χ1) is 12.5. The molecule has 1 fully saturated rings. The van der Waals surface area contributed by atoms with Crippen molar-refractivity contribution in [1.82, 2.24) is 15.5 Å². The molecule has 0 atom stereocenters. The van der Waals surface area contributed by atoms with Gasteiger partial charge in [0.2, 0.25) is 5.91 Å². The summed E-state index contributed by atoms with van der Waals surface area (Å²) in [5, 5.41) is 6.75. The predicted octanol–water partition coefficient (Wildman–Crippen LogP) is 2.61. The second-order valence-electron chi connectivity index (χ2n) is 7.46. The summed E-state index contributed by atoms with van der Waals surface area (Å²) in [5.74, 6) is 1.00. The van der Waals surface area contributed by atoms with Crippen LogP contribution in [0.5, 0.6) is 0 Å². The van der Waals surface area contributed by atoms with Crippen molar-refractivity contribution in [2.75, 3.05) is 34.2 Å². The molecule has 0 heterocycles. The van der Waals surface area contributed by atoms with Crippen LogP contribution in [0, 0.1) is 5.41 Å². The average Bonchev–Trinajstić information content (AvgIpc) is 3.14. The van der Waals surface area contributed by atoms with Gasteiger partial charge in [0.25, 0.3) is 0 Å². The molecule has 1 aliphatic carbocycles. The third kappa shape index (κ3) is 5.23. The number of nitrogens with zero attached hydrogens (tertiary/aromatic N) is 2. The topological polar surface area (TPSA) is 56.7 Å². The molecule has 1 saturated carbocycles. The smallest absolute Gasteiger partial charge is 0.230 e. The number of hydrogen-bond acceptors (Lipinski definition) is 2. The number of amides is 1. The molecule has 1 amide bonds. The molecule has 5 nitrogen and oxygen atoms in total. The third-order valence-corrected chi connectivity index (χ3v) is 5.38. The molecule has 0 spiro atoms. The van der Waals surface area contributed by atoms with Crippen molar-refractivity contribution in [3.05, 3.63) is 35.4 Å². The van der Waals surface area contributed by atoms with Gasteiger partial charge in [-0.25, -0.2) is 0 Å². The highest BCUT2D eigenvalue weighted by atomic mass is 16.2. The minimum Gasteiger partial charge on any atom is -0.356 e. The average molecular weight is 359 g/mol. The number of hydrogen-bond donors (Lipinski definition) is 2. The SMILES string of the molecule is CCc1ccc(CCNC(=NC)NCC2(C(=O)N(C)C)CCCC2)cc1. The highest BCUT2D eigenvalue weighted by Gasteiger charge is 2.42. The van der Waals surface area contributed by atoms with Crippen molar-refractivity contribution in [1.29, 1.82) is 0 Å². The van der Waals surface area contributed by atoms with Crippen molar-refractivity contribution in [3.8, 4) is 0 Å². The largest absolute Gasteiger partial charge is 0.356 e. The Balaban J connectivity index is 1.83. The zero-order chi connectivity index (χ0) is 19.0. The van der Waals surface area contributed by atoms with E-state index in [2.05, 4.69) is 46.8 Å². The zero-order valence-corrected chi connectivity index (χ0v) is 16.8. The van der Waals surface area contributed by atoms with Gasteiger partial charge >= 0.3 is 0 Å². The Morgan fingerprint density at radius 3 is 2.27 bits per heavy atom. The Hall–Kier alpha value is -2.04. The minimum atomic E-state index is -0.281. The first-order valence-electron chi connectivity index (χ1n) is 9.75. The molecule has 2 N–H and O–H groups in total. The molecule has 26 heavy (non-hydrogen) atoms. The van der Waals surface area contributed by atoms with Gasteiger partial charge in [-0.1, -0.05) is 44.0 Å². The van der Waals surface area contributed by atoms with Gasteiger partial charge in [0.15, 0.2) is 5.96 Å². The summed E-state index contributed by atoms with van der Waals surface area (Å²) >= 11 is 0. The van der Waals surface area contributed by atoms with E-state index in [1.807, 2.05) is 14.1 Å². The van der Waals surface area contributed by atoms with Crippen LogP contribution in [0.25, 0.3) is 0 Å². The van der Waals surface area contributed by atoms with Gasteiger partial charge < -0.3 is 15.5 Å². The van der Waals surface area contributed by atoms with Gasteiger partial charge in [-0.2, -0.15) is 0 Å². The molecule has 0 unspecified atom stereocenters. The number of rotatable bonds is 7. The van der Waals surface area contributed by atoms with Crippen LogP contribution in [0.15, 0.2) is 29.3 Å². The predicted molar refractivity (Wildman–Crippen MR) is 108 cm³/mol. The molecule has 0 saturated heterocycles. The maximum absolute atomic E-state index is 12.6. The van der Waals surface area contributed by atoms with E-state index in [0.29, 0.717) is 6.54 Å². The molecule has 0 radical (unpaired) electrons. The second kappa shape index (κ2) is 9.60. The number of aryl methyl sites for hydroxylation is 1. The van der Waals surface area contributed by atoms with Gasteiger partial charge in [-0.3, -0.25) is 9.79 Å². The van der Waals surface area contributed by atoms with E-state index in [4.69, 9.17) is 0 Å². The number of guanidine groups is 1. The second-order valence-corrected chi connectivity index (χ2v) is 7.46. The number of carbonyl (C=O) groups is 1. The van der Waals surface area contributed by atoms with Crippen molar-refractivity contribution in [3.63, 3.8) is 0 Å². The lowest BCUT2D eigenvalue weighted by Gasteiger charge is -2.31. The summed E-state index contributed by atoms with van der Waals surface area (Å²) in [6, 6.07) is 8.78. The van der Waals surface area contributed by atoms with E-state index in [9.17, 15) is 4.79 Å². The highest BCUT2D eigenvalue weighted by molar-refractivity contribution is 5.85. The lowest BCUT2D eigenvalue weighted by Crippen LogP contribution is -2.49. The van der Waals surface area contributed by atoms with Gasteiger partial charge in [-0.15, -0.1) is 0 Å². The minimum absolute atomic E-state index is 0.231. The fraction of sp³-hybridized carbons (Fsp3) is 0.619. The molecule has 0 aliphatic heterocycles. The van der Waals surface area contributed by atoms with Crippen LogP contribution in [0.2, 0.25) is 0 Å². The van der Waals surface area contributed by atoms with Gasteiger partial charge in [-0.05, 0) is 36.8 Å². The Morgan fingerprint density at radius 1 is 1.12 bits per heavy atom. The highest BCUT2D eigenvalue weighted by Crippen LogP contribution is 2.38. The van der Waals surface area contributed by atoms with Crippen LogP contribution >= 0.6 is 0 Å². The molecular weight excluding hydrogens is 324 g/mol. The third-order valence-electron chi connectivity index (χ3n) is 5.38. The van der Waals surface area contributed by atoms with E-state index in [0.717, 1.165) is 51.0 Å². The summed E-state index contributed by atoms with van der Waals surface area (Å²) in [7, 11) is 5.47. The van der Waals surface area contributed by atoms with Crippen molar-refractivity contribution >= 4 is 11.9 Å². The molecule has 2 rings (SSSR count). The van der Waals surface area contributed by atoms with E-state index in [1.165, 1.54) is 11.1 Å². The van der Waals surface area contributed by atoms with Gasteiger partial charge in [0.05, 0.1) is 5.41 Å². The van der Waals surface area contributed by atoms with Crippen molar-refractivity contribution in [2.24, 2.45) is 10.4 Å². The van der Waals surface area contributed by atoms with Crippen molar-refractivity contribution in [2.45, 2.75) is 45.4 Å². The molecule has 0 bridgehead atoms. The molecule has 5 heteroatoms. The number of nitrogens with one attached hydrogen (secondary N) is 2. The van der Waals surface area contributed by atoms with Crippen molar-refractivity contribution < 1.29 is 4.79 Å². The van der Waals surface area contributed by atoms with Crippen LogP contribution in [-0.2, 0) is 17.6 Å². The maximum atomic E-state index is 12.6. The standard InChI is InChI=1S/C21H34N4O/c1-5-17-8-10-18(11-9-17)12-15-23-20(22-2)24-16-21(13-6-7-14-21)19(26)25(3)4/h8-11H,5-7,12-16H2,1-4H3,(H2,22,23,24). The fourth-order valence-corrected chi connectivity index (χ4v) is 3.73. The molecule has 1 aromatic rings. The van der Waals surface area contributed by atoms with E-state index < -0.39 is 0 Å². The molecule has 0 aromatic heterocycles. The summed E-state index contributed by atoms with van der Waals surface area (Å²) < 4.78 is 0. The number of carbonyl (C=O) groups excluding carboxylic acids is 1. The molecule has 1 aromatic carbocycles. The first kappa shape index (κ1) is 20.3.